The van der Waals surface area contributed by atoms with Crippen LogP contribution in [0.15, 0.2) is 41.8 Å². The number of benzene rings is 1. The number of carbonyl (C=O) groups is 2. The van der Waals surface area contributed by atoms with Crippen molar-refractivity contribution in [2.45, 2.75) is 0 Å². The summed E-state index contributed by atoms with van der Waals surface area (Å²) in [7, 11) is 3.95. The summed E-state index contributed by atoms with van der Waals surface area (Å²) < 4.78 is 0. The highest BCUT2D eigenvalue weighted by molar-refractivity contribution is 7.12. The van der Waals surface area contributed by atoms with Crippen molar-refractivity contribution in [2.75, 3.05) is 37.4 Å². The molecule has 1 N–H and O–H groups in total. The Kier molecular flexibility index (Phi) is 4.34. The van der Waals surface area contributed by atoms with Gasteiger partial charge in [-0.1, -0.05) is 6.07 Å². The number of hydrogen-bond acceptors (Lipinski definition) is 4. The Bertz CT molecular complexity index is 689. The predicted molar refractivity (Wildman–Crippen MR) is 93.1 cm³/mol. The number of hydrogen-bond donors (Lipinski definition) is 1. The van der Waals surface area contributed by atoms with Crippen LogP contribution in [0.3, 0.4) is 0 Å². The van der Waals surface area contributed by atoms with Crippen LogP contribution in [0, 0.1) is 5.92 Å². The smallest absolute Gasteiger partial charge is 0.263 e. The van der Waals surface area contributed by atoms with Crippen LogP contribution in [0.25, 0.3) is 0 Å². The molecule has 2 heterocycles. The van der Waals surface area contributed by atoms with Crippen molar-refractivity contribution in [1.82, 2.24) is 4.90 Å². The van der Waals surface area contributed by atoms with E-state index in [1.165, 1.54) is 11.3 Å². The van der Waals surface area contributed by atoms with E-state index in [1.54, 1.807) is 4.90 Å². The first-order valence-corrected chi connectivity index (χ1v) is 8.33. The minimum atomic E-state index is -0.132. The lowest BCUT2D eigenvalue weighted by atomic mass is 9.98. The molecule has 0 aliphatic carbocycles. The first-order chi connectivity index (χ1) is 11.0. The van der Waals surface area contributed by atoms with E-state index in [0.717, 1.165) is 16.3 Å². The van der Waals surface area contributed by atoms with Crippen molar-refractivity contribution < 1.29 is 9.59 Å². The van der Waals surface area contributed by atoms with Crippen LogP contribution < -0.4 is 10.2 Å². The topological polar surface area (TPSA) is 52.7 Å². The number of thiophene rings is 1. The van der Waals surface area contributed by atoms with Gasteiger partial charge in [0.15, 0.2) is 0 Å². The van der Waals surface area contributed by atoms with Crippen LogP contribution in [0.1, 0.15) is 9.67 Å². The summed E-state index contributed by atoms with van der Waals surface area (Å²) in [4.78, 5) is 28.8. The highest BCUT2D eigenvalue weighted by Gasteiger charge is 2.36. The van der Waals surface area contributed by atoms with Gasteiger partial charge in [-0.3, -0.25) is 9.59 Å². The maximum absolute atomic E-state index is 12.2. The Hall–Kier alpha value is -2.34. The van der Waals surface area contributed by atoms with Gasteiger partial charge < -0.3 is 15.1 Å². The van der Waals surface area contributed by atoms with E-state index >= 15 is 0 Å². The third-order valence-electron chi connectivity index (χ3n) is 3.92. The molecule has 1 fully saturated rings. The van der Waals surface area contributed by atoms with E-state index in [2.05, 4.69) is 5.32 Å². The molecule has 0 unspecified atom stereocenters. The fraction of sp³-hybridized carbons (Fsp3) is 0.294. The van der Waals surface area contributed by atoms with E-state index in [0.29, 0.717) is 13.1 Å². The predicted octanol–water partition coefficient (Wildman–Crippen LogP) is 2.52. The molecule has 5 nitrogen and oxygen atoms in total. The molecule has 1 aromatic carbocycles. The molecule has 0 bridgehead atoms. The van der Waals surface area contributed by atoms with Crippen molar-refractivity contribution >= 4 is 34.5 Å². The second kappa shape index (κ2) is 6.42. The van der Waals surface area contributed by atoms with Gasteiger partial charge in [0.1, 0.15) is 0 Å². The fourth-order valence-corrected chi connectivity index (χ4v) is 3.14. The zero-order valence-electron chi connectivity index (χ0n) is 13.2. The third kappa shape index (κ3) is 3.37. The molecule has 23 heavy (non-hydrogen) atoms. The van der Waals surface area contributed by atoms with Gasteiger partial charge >= 0.3 is 0 Å². The van der Waals surface area contributed by atoms with Crippen LogP contribution in [0.4, 0.5) is 11.4 Å². The Morgan fingerprint density at radius 2 is 1.87 bits per heavy atom. The average Bonchev–Trinajstić information content (AvgIpc) is 3.00. The molecule has 0 atom stereocenters. The summed E-state index contributed by atoms with van der Waals surface area (Å²) in [5.74, 6) is -0.148. The van der Waals surface area contributed by atoms with Crippen molar-refractivity contribution in [3.63, 3.8) is 0 Å². The van der Waals surface area contributed by atoms with Gasteiger partial charge in [-0.2, -0.15) is 0 Å². The van der Waals surface area contributed by atoms with Crippen molar-refractivity contribution in [3.05, 3.63) is 46.7 Å². The second-order valence-electron chi connectivity index (χ2n) is 5.81. The Balaban J connectivity index is 1.52. The first-order valence-electron chi connectivity index (χ1n) is 7.45. The average molecular weight is 329 g/mol. The van der Waals surface area contributed by atoms with Crippen molar-refractivity contribution in [1.29, 1.82) is 0 Å². The molecule has 1 aliphatic heterocycles. The molecule has 120 valence electrons. The highest BCUT2D eigenvalue weighted by atomic mass is 32.1. The molecule has 2 aromatic rings. The fourth-order valence-electron chi connectivity index (χ4n) is 2.45. The van der Waals surface area contributed by atoms with Crippen LogP contribution in [0.2, 0.25) is 0 Å². The molecule has 3 rings (SSSR count). The van der Waals surface area contributed by atoms with E-state index < -0.39 is 0 Å². The first kappa shape index (κ1) is 15.6. The number of carbonyl (C=O) groups excluding carboxylic acids is 2. The maximum atomic E-state index is 12.2. The van der Waals surface area contributed by atoms with Crippen LogP contribution in [0.5, 0.6) is 0 Å². The van der Waals surface area contributed by atoms with E-state index in [9.17, 15) is 9.59 Å². The third-order valence-corrected chi connectivity index (χ3v) is 4.78. The Morgan fingerprint density at radius 1 is 1.17 bits per heavy atom. The lowest BCUT2D eigenvalue weighted by Gasteiger charge is -2.37. The minimum absolute atomic E-state index is 0.0133. The van der Waals surface area contributed by atoms with Gasteiger partial charge in [0.05, 0.1) is 10.8 Å². The number of anilines is 2. The van der Waals surface area contributed by atoms with E-state index in [1.807, 2.05) is 60.8 Å². The molecular formula is C17H19N3O2S. The Labute approximate surface area is 139 Å². The monoisotopic (exact) mass is 329 g/mol. The number of amides is 2. The summed E-state index contributed by atoms with van der Waals surface area (Å²) >= 11 is 1.43. The van der Waals surface area contributed by atoms with Crippen LogP contribution in [-0.2, 0) is 4.79 Å². The van der Waals surface area contributed by atoms with Gasteiger partial charge in [0, 0.05) is 38.6 Å². The van der Waals surface area contributed by atoms with Crippen LogP contribution in [-0.4, -0.2) is 43.9 Å². The molecular weight excluding hydrogens is 310 g/mol. The molecule has 0 spiro atoms. The summed E-state index contributed by atoms with van der Waals surface area (Å²) in [6.45, 7) is 0.969. The minimum Gasteiger partial charge on any atom is -0.378 e. The van der Waals surface area contributed by atoms with Gasteiger partial charge in [-0.25, -0.2) is 0 Å². The second-order valence-corrected chi connectivity index (χ2v) is 6.76. The summed E-state index contributed by atoms with van der Waals surface area (Å²) in [6.07, 6.45) is 0. The van der Waals surface area contributed by atoms with Crippen molar-refractivity contribution in [2.24, 2.45) is 5.92 Å². The van der Waals surface area contributed by atoms with Crippen molar-refractivity contribution in [3.8, 4) is 0 Å². The van der Waals surface area contributed by atoms with Gasteiger partial charge in [-0.05, 0) is 35.7 Å². The number of nitrogens with one attached hydrogen (secondary N) is 1. The SMILES string of the molecule is CN(C)c1ccc(NC(=O)C2CN(C(=O)c3cccs3)C2)cc1. The molecule has 0 radical (unpaired) electrons. The quantitative estimate of drug-likeness (QED) is 0.938. The van der Waals surface area contributed by atoms with Gasteiger partial charge in [0.25, 0.3) is 5.91 Å². The summed E-state index contributed by atoms with van der Waals surface area (Å²) in [5, 5.41) is 4.79. The number of nitrogens with zero attached hydrogens (tertiary/aromatic N) is 2. The highest BCUT2D eigenvalue weighted by Crippen LogP contribution is 2.23. The zero-order chi connectivity index (χ0) is 16.4. The van der Waals surface area contributed by atoms with E-state index in [-0.39, 0.29) is 17.7 Å². The molecule has 2 amide bonds. The lowest BCUT2D eigenvalue weighted by molar-refractivity contribution is -0.123. The Morgan fingerprint density at radius 3 is 2.43 bits per heavy atom. The summed E-state index contributed by atoms with van der Waals surface area (Å²) in [6, 6.07) is 11.4. The van der Waals surface area contributed by atoms with Gasteiger partial charge in [0.2, 0.25) is 5.91 Å². The van der Waals surface area contributed by atoms with E-state index in [4.69, 9.17) is 0 Å². The molecule has 0 saturated carbocycles. The normalized spacial score (nSPS) is 14.3. The zero-order valence-corrected chi connectivity index (χ0v) is 14.0. The molecule has 1 aromatic heterocycles. The van der Waals surface area contributed by atoms with Gasteiger partial charge in [-0.15, -0.1) is 11.3 Å². The maximum Gasteiger partial charge on any atom is 0.263 e. The van der Waals surface area contributed by atoms with Crippen LogP contribution >= 0.6 is 11.3 Å². The number of rotatable bonds is 4. The molecule has 1 aliphatic rings. The number of likely N-dealkylation sites (tertiary alicyclic amines) is 1. The summed E-state index contributed by atoms with van der Waals surface area (Å²) in [5.41, 5.74) is 1.86. The molecule has 6 heteroatoms. The molecule has 1 saturated heterocycles. The largest absolute Gasteiger partial charge is 0.378 e. The standard InChI is InChI=1S/C17H19N3O2S/c1-19(2)14-7-5-13(6-8-14)18-16(21)12-10-20(11-12)17(22)15-4-3-9-23-15/h3-9,12H,10-11H2,1-2H3,(H,18,21). The lowest BCUT2D eigenvalue weighted by Crippen LogP contribution is -2.54.